The topological polar surface area (TPSA) is 57.5 Å². The maximum atomic E-state index is 13.4. The average molecular weight is 413 g/mol. The summed E-state index contributed by atoms with van der Waals surface area (Å²) in [5, 5.41) is 20.1. The van der Waals surface area contributed by atoms with Crippen LogP contribution in [-0.2, 0) is 4.79 Å². The summed E-state index contributed by atoms with van der Waals surface area (Å²) in [5.41, 5.74) is 0.603. The van der Waals surface area contributed by atoms with E-state index < -0.39 is 5.60 Å². The Bertz CT molecular complexity index is 793. The van der Waals surface area contributed by atoms with Crippen molar-refractivity contribution in [2.45, 2.75) is 97.7 Å². The number of hydrogen-bond acceptors (Lipinski definition) is 3. The molecular formula is C27H40O3. The first-order valence-corrected chi connectivity index (χ1v) is 12.1. The number of fused-ring (bicyclic) bond motifs is 5. The third-order valence-corrected chi connectivity index (χ3v) is 9.50. The summed E-state index contributed by atoms with van der Waals surface area (Å²) >= 11 is 0. The van der Waals surface area contributed by atoms with Crippen LogP contribution in [0.15, 0.2) is 11.6 Å². The number of carbonyl (C=O) groups excluding carboxylic acids is 1. The SMILES string of the molecule is C[C@H](CC#CC(C)(C)O)[C@H]1CC[C@H]2[C@@H]3C(=O)C=C4C[C@@H](O)CC[C@]4(C)[C@H]3CC[C@]12C. The van der Waals surface area contributed by atoms with Gasteiger partial charge in [0, 0.05) is 12.3 Å². The highest BCUT2D eigenvalue weighted by atomic mass is 16.3. The first kappa shape index (κ1) is 22.1. The Kier molecular flexibility index (Phi) is 5.52. The molecule has 3 nitrogen and oxygen atoms in total. The van der Waals surface area contributed by atoms with Crippen molar-refractivity contribution in [3.63, 3.8) is 0 Å². The minimum Gasteiger partial charge on any atom is -0.393 e. The van der Waals surface area contributed by atoms with Crippen molar-refractivity contribution < 1.29 is 15.0 Å². The van der Waals surface area contributed by atoms with Crippen LogP contribution in [0.3, 0.4) is 0 Å². The van der Waals surface area contributed by atoms with Gasteiger partial charge in [-0.3, -0.25) is 4.79 Å². The van der Waals surface area contributed by atoms with Crippen LogP contribution < -0.4 is 0 Å². The number of aliphatic hydroxyl groups is 2. The lowest BCUT2D eigenvalue weighted by Gasteiger charge is -2.57. The van der Waals surface area contributed by atoms with Gasteiger partial charge in [-0.1, -0.05) is 32.3 Å². The second-order valence-electron chi connectivity index (χ2n) is 11.9. The molecule has 166 valence electrons. The first-order valence-electron chi connectivity index (χ1n) is 12.1. The summed E-state index contributed by atoms with van der Waals surface area (Å²) in [7, 11) is 0. The van der Waals surface area contributed by atoms with Gasteiger partial charge in [-0.25, -0.2) is 0 Å². The zero-order valence-corrected chi connectivity index (χ0v) is 19.5. The van der Waals surface area contributed by atoms with E-state index in [4.69, 9.17) is 0 Å². The maximum absolute atomic E-state index is 13.4. The summed E-state index contributed by atoms with van der Waals surface area (Å²) in [6, 6.07) is 0. The number of ketones is 1. The standard InChI is InChI=1S/C27H40O3/c1-17(7-6-12-25(2,3)30)20-8-9-21-24-22(11-14-27(20,21)5)26(4)13-10-19(28)15-18(26)16-23(24)29/h16-17,19-22,24,28,30H,7-11,13-15H2,1-5H3/t17-,19+,20-,21+,22+,24+,26+,27-/m1/s1. The second-order valence-corrected chi connectivity index (χ2v) is 11.9. The summed E-state index contributed by atoms with van der Waals surface area (Å²) in [6.45, 7) is 10.6. The minimum atomic E-state index is -0.929. The van der Waals surface area contributed by atoms with E-state index in [-0.39, 0.29) is 22.9 Å². The lowest BCUT2D eigenvalue weighted by atomic mass is 9.46. The molecule has 0 aromatic rings. The van der Waals surface area contributed by atoms with Gasteiger partial charge in [0.25, 0.3) is 0 Å². The van der Waals surface area contributed by atoms with E-state index in [1.54, 1.807) is 13.8 Å². The molecule has 4 aliphatic rings. The van der Waals surface area contributed by atoms with E-state index in [1.165, 1.54) is 18.4 Å². The Morgan fingerprint density at radius 1 is 1.17 bits per heavy atom. The van der Waals surface area contributed by atoms with Crippen molar-refractivity contribution in [3.05, 3.63) is 11.6 Å². The van der Waals surface area contributed by atoms with Crippen molar-refractivity contribution in [1.29, 1.82) is 0 Å². The smallest absolute Gasteiger partial charge is 0.159 e. The zero-order chi connectivity index (χ0) is 21.9. The normalized spacial score (nSPS) is 44.2. The van der Waals surface area contributed by atoms with Gasteiger partial charge in [0.15, 0.2) is 5.78 Å². The molecule has 0 aliphatic heterocycles. The number of carbonyl (C=O) groups is 1. The number of aliphatic hydroxyl groups excluding tert-OH is 1. The lowest BCUT2D eigenvalue weighted by molar-refractivity contribution is -0.135. The largest absolute Gasteiger partial charge is 0.393 e. The molecule has 4 aliphatic carbocycles. The van der Waals surface area contributed by atoms with Crippen molar-refractivity contribution >= 4 is 5.78 Å². The van der Waals surface area contributed by atoms with Gasteiger partial charge in [-0.2, -0.15) is 0 Å². The number of hydrogen-bond donors (Lipinski definition) is 2. The molecule has 0 aromatic carbocycles. The van der Waals surface area contributed by atoms with E-state index in [0.29, 0.717) is 35.9 Å². The molecule has 30 heavy (non-hydrogen) atoms. The van der Waals surface area contributed by atoms with Crippen LogP contribution in [0.5, 0.6) is 0 Å². The quantitative estimate of drug-likeness (QED) is 0.634. The van der Waals surface area contributed by atoms with Gasteiger partial charge < -0.3 is 10.2 Å². The first-order chi connectivity index (χ1) is 14.0. The molecule has 2 N–H and O–H groups in total. The summed E-state index contributed by atoms with van der Waals surface area (Å²) in [4.78, 5) is 13.4. The molecule has 3 fully saturated rings. The highest BCUT2D eigenvalue weighted by Gasteiger charge is 2.61. The van der Waals surface area contributed by atoms with E-state index in [0.717, 1.165) is 32.1 Å². The number of rotatable bonds is 2. The third-order valence-electron chi connectivity index (χ3n) is 9.50. The fourth-order valence-electron chi connectivity index (χ4n) is 7.93. The van der Waals surface area contributed by atoms with Crippen molar-refractivity contribution in [1.82, 2.24) is 0 Å². The van der Waals surface area contributed by atoms with Crippen LogP contribution in [0, 0.1) is 52.3 Å². The molecule has 3 saturated carbocycles. The molecule has 0 heterocycles. The Labute approximate surface area is 182 Å². The van der Waals surface area contributed by atoms with Gasteiger partial charge >= 0.3 is 0 Å². The molecule has 3 heteroatoms. The molecule has 8 atom stereocenters. The molecule has 0 radical (unpaired) electrons. The fraction of sp³-hybridized carbons (Fsp3) is 0.815. The predicted molar refractivity (Wildman–Crippen MR) is 119 cm³/mol. The molecule has 0 bridgehead atoms. The highest BCUT2D eigenvalue weighted by Crippen LogP contribution is 2.66. The Balaban J connectivity index is 1.57. The van der Waals surface area contributed by atoms with E-state index in [2.05, 4.69) is 32.6 Å². The molecule has 4 rings (SSSR count). The molecule has 0 unspecified atom stereocenters. The van der Waals surface area contributed by atoms with E-state index in [9.17, 15) is 15.0 Å². The fourth-order valence-corrected chi connectivity index (χ4v) is 7.93. The molecular weight excluding hydrogens is 372 g/mol. The monoisotopic (exact) mass is 412 g/mol. The van der Waals surface area contributed by atoms with Gasteiger partial charge in [0.1, 0.15) is 5.60 Å². The van der Waals surface area contributed by atoms with Crippen molar-refractivity contribution in [3.8, 4) is 11.8 Å². The maximum Gasteiger partial charge on any atom is 0.159 e. The van der Waals surface area contributed by atoms with Crippen LogP contribution in [0.25, 0.3) is 0 Å². The van der Waals surface area contributed by atoms with Gasteiger partial charge in [0.2, 0.25) is 0 Å². The highest BCUT2D eigenvalue weighted by molar-refractivity contribution is 5.94. The lowest BCUT2D eigenvalue weighted by Crippen LogP contribution is -2.53. The average Bonchev–Trinajstić information content (AvgIpc) is 2.99. The third kappa shape index (κ3) is 3.59. The van der Waals surface area contributed by atoms with Crippen LogP contribution in [0.2, 0.25) is 0 Å². The molecule has 0 aromatic heterocycles. The van der Waals surface area contributed by atoms with E-state index >= 15 is 0 Å². The van der Waals surface area contributed by atoms with Gasteiger partial charge in [-0.05, 0) is 99.4 Å². The second kappa shape index (κ2) is 7.49. The Morgan fingerprint density at radius 3 is 2.60 bits per heavy atom. The Hall–Kier alpha value is -1.11. The summed E-state index contributed by atoms with van der Waals surface area (Å²) in [5.74, 6) is 8.70. The predicted octanol–water partition coefficient (Wildman–Crippen LogP) is 4.91. The van der Waals surface area contributed by atoms with Crippen LogP contribution >= 0.6 is 0 Å². The van der Waals surface area contributed by atoms with Gasteiger partial charge in [0.05, 0.1) is 6.10 Å². The van der Waals surface area contributed by atoms with Crippen LogP contribution in [0.1, 0.15) is 86.0 Å². The molecule has 0 spiro atoms. The summed E-state index contributed by atoms with van der Waals surface area (Å²) < 4.78 is 0. The summed E-state index contributed by atoms with van der Waals surface area (Å²) in [6.07, 6.45) is 9.74. The Morgan fingerprint density at radius 2 is 1.90 bits per heavy atom. The van der Waals surface area contributed by atoms with Crippen molar-refractivity contribution in [2.24, 2.45) is 40.4 Å². The minimum absolute atomic E-state index is 0.0982. The molecule has 0 amide bonds. The van der Waals surface area contributed by atoms with Crippen LogP contribution in [0.4, 0.5) is 0 Å². The van der Waals surface area contributed by atoms with E-state index in [1.807, 2.05) is 6.08 Å². The zero-order valence-electron chi connectivity index (χ0n) is 19.5. The van der Waals surface area contributed by atoms with Gasteiger partial charge in [-0.15, -0.1) is 5.92 Å². The number of allylic oxidation sites excluding steroid dienone is 1. The van der Waals surface area contributed by atoms with Crippen molar-refractivity contribution in [2.75, 3.05) is 0 Å². The molecule has 0 saturated heterocycles. The van der Waals surface area contributed by atoms with Crippen LogP contribution in [-0.4, -0.2) is 27.7 Å².